The third-order valence-electron chi connectivity index (χ3n) is 2.32. The van der Waals surface area contributed by atoms with Gasteiger partial charge in [0.25, 0.3) is 0 Å². The van der Waals surface area contributed by atoms with E-state index in [1.165, 1.54) is 5.56 Å². The van der Waals surface area contributed by atoms with Gasteiger partial charge in [0.15, 0.2) is 0 Å². The van der Waals surface area contributed by atoms with Crippen LogP contribution in [0.3, 0.4) is 0 Å². The first kappa shape index (κ1) is 9.02. The minimum atomic E-state index is 0.819. The third kappa shape index (κ3) is 1.44. The second-order valence-electron chi connectivity index (χ2n) is 3.29. The summed E-state index contributed by atoms with van der Waals surface area (Å²) in [7, 11) is 1.93. The van der Waals surface area contributed by atoms with Gasteiger partial charge in [0.1, 0.15) is 5.69 Å². The molecule has 4 heteroatoms. The van der Waals surface area contributed by atoms with Crippen molar-refractivity contribution in [3.63, 3.8) is 0 Å². The van der Waals surface area contributed by atoms with Crippen molar-refractivity contribution in [3.8, 4) is 11.4 Å². The Bertz CT molecular complexity index is 400. The molecule has 2 aromatic rings. The van der Waals surface area contributed by atoms with Gasteiger partial charge in [-0.25, -0.2) is 0 Å². The number of H-pyrrole nitrogens is 2. The van der Waals surface area contributed by atoms with Crippen LogP contribution in [0.4, 0.5) is 0 Å². The fourth-order valence-corrected chi connectivity index (χ4v) is 1.52. The monoisotopic (exact) mass is 190 g/mol. The molecule has 3 N–H and O–H groups in total. The van der Waals surface area contributed by atoms with Crippen molar-refractivity contribution in [3.05, 3.63) is 29.6 Å². The molecule has 74 valence electrons. The SMILES string of the molecule is CNCc1[nH]nc(-c2ccc[nH]2)c1C. The van der Waals surface area contributed by atoms with Crippen LogP contribution in [-0.2, 0) is 6.54 Å². The number of nitrogens with zero attached hydrogens (tertiary/aromatic N) is 1. The topological polar surface area (TPSA) is 56.5 Å². The van der Waals surface area contributed by atoms with Gasteiger partial charge >= 0.3 is 0 Å². The maximum absolute atomic E-state index is 4.28. The lowest BCUT2D eigenvalue weighted by Gasteiger charge is -1.97. The van der Waals surface area contributed by atoms with Crippen molar-refractivity contribution < 1.29 is 0 Å². The summed E-state index contributed by atoms with van der Waals surface area (Å²) in [6.07, 6.45) is 1.90. The molecule has 4 nitrogen and oxygen atoms in total. The van der Waals surface area contributed by atoms with Crippen molar-refractivity contribution in [1.29, 1.82) is 0 Å². The van der Waals surface area contributed by atoms with Gasteiger partial charge in [-0.2, -0.15) is 5.10 Å². The highest BCUT2D eigenvalue weighted by Gasteiger charge is 2.09. The first-order valence-electron chi connectivity index (χ1n) is 4.65. The van der Waals surface area contributed by atoms with E-state index in [0.29, 0.717) is 0 Å². The second-order valence-corrected chi connectivity index (χ2v) is 3.29. The van der Waals surface area contributed by atoms with Gasteiger partial charge in [-0.15, -0.1) is 0 Å². The third-order valence-corrected chi connectivity index (χ3v) is 2.32. The number of hydrogen-bond donors (Lipinski definition) is 3. The Morgan fingerprint density at radius 1 is 1.50 bits per heavy atom. The molecule has 0 unspecified atom stereocenters. The molecule has 0 saturated carbocycles. The second kappa shape index (κ2) is 3.67. The molecule has 0 aliphatic carbocycles. The molecule has 0 radical (unpaired) electrons. The Morgan fingerprint density at radius 3 is 3.00 bits per heavy atom. The van der Waals surface area contributed by atoms with Crippen molar-refractivity contribution in [2.45, 2.75) is 13.5 Å². The summed E-state index contributed by atoms with van der Waals surface area (Å²) in [4.78, 5) is 3.15. The number of aromatic amines is 2. The lowest BCUT2D eigenvalue weighted by Crippen LogP contribution is -2.06. The molecule has 0 spiro atoms. The molecule has 0 aliphatic rings. The van der Waals surface area contributed by atoms with E-state index in [4.69, 9.17) is 0 Å². The van der Waals surface area contributed by atoms with Crippen LogP contribution in [0.25, 0.3) is 11.4 Å². The Morgan fingerprint density at radius 2 is 2.36 bits per heavy atom. The van der Waals surface area contributed by atoms with Crippen LogP contribution in [0, 0.1) is 6.92 Å². The molecule has 2 rings (SSSR count). The molecule has 0 amide bonds. The van der Waals surface area contributed by atoms with E-state index in [-0.39, 0.29) is 0 Å². The van der Waals surface area contributed by atoms with E-state index in [9.17, 15) is 0 Å². The minimum Gasteiger partial charge on any atom is -0.360 e. The van der Waals surface area contributed by atoms with Crippen molar-refractivity contribution >= 4 is 0 Å². The normalized spacial score (nSPS) is 10.7. The molecule has 0 fully saturated rings. The maximum atomic E-state index is 4.28. The van der Waals surface area contributed by atoms with Crippen molar-refractivity contribution in [2.75, 3.05) is 7.05 Å². The molecular weight excluding hydrogens is 176 g/mol. The van der Waals surface area contributed by atoms with Crippen LogP contribution in [-0.4, -0.2) is 22.2 Å². The summed E-state index contributed by atoms with van der Waals surface area (Å²) in [5.74, 6) is 0. The summed E-state index contributed by atoms with van der Waals surface area (Å²) < 4.78 is 0. The van der Waals surface area contributed by atoms with E-state index in [2.05, 4.69) is 27.4 Å². The lowest BCUT2D eigenvalue weighted by molar-refractivity contribution is 0.779. The molecule has 0 saturated heterocycles. The minimum absolute atomic E-state index is 0.819. The van der Waals surface area contributed by atoms with E-state index in [1.807, 2.05) is 25.4 Å². The number of hydrogen-bond acceptors (Lipinski definition) is 2. The molecule has 0 aromatic carbocycles. The Kier molecular flexibility index (Phi) is 2.37. The average molecular weight is 190 g/mol. The fourth-order valence-electron chi connectivity index (χ4n) is 1.52. The maximum Gasteiger partial charge on any atom is 0.111 e. The Hall–Kier alpha value is -1.55. The quantitative estimate of drug-likeness (QED) is 0.685. The van der Waals surface area contributed by atoms with Crippen LogP contribution < -0.4 is 5.32 Å². The smallest absolute Gasteiger partial charge is 0.111 e. The number of rotatable bonds is 3. The predicted octanol–water partition coefficient (Wildman–Crippen LogP) is 1.43. The zero-order valence-corrected chi connectivity index (χ0v) is 8.39. The zero-order chi connectivity index (χ0) is 9.97. The van der Waals surface area contributed by atoms with E-state index >= 15 is 0 Å². The van der Waals surface area contributed by atoms with Crippen molar-refractivity contribution in [1.82, 2.24) is 20.5 Å². The van der Waals surface area contributed by atoms with Gasteiger partial charge in [-0.1, -0.05) is 0 Å². The highest BCUT2D eigenvalue weighted by molar-refractivity contribution is 5.59. The highest BCUT2D eigenvalue weighted by Crippen LogP contribution is 2.20. The summed E-state index contributed by atoms with van der Waals surface area (Å²) in [6.45, 7) is 2.89. The van der Waals surface area contributed by atoms with Gasteiger partial charge in [-0.05, 0) is 26.1 Å². The van der Waals surface area contributed by atoms with Crippen LogP contribution in [0.5, 0.6) is 0 Å². The summed E-state index contributed by atoms with van der Waals surface area (Å²) in [5, 5.41) is 10.4. The van der Waals surface area contributed by atoms with Crippen molar-refractivity contribution in [2.24, 2.45) is 0 Å². The summed E-state index contributed by atoms with van der Waals surface area (Å²) in [5.41, 5.74) is 4.39. The molecule has 0 atom stereocenters. The summed E-state index contributed by atoms with van der Waals surface area (Å²) >= 11 is 0. The fraction of sp³-hybridized carbons (Fsp3) is 0.300. The van der Waals surface area contributed by atoms with Crippen LogP contribution in [0.1, 0.15) is 11.3 Å². The van der Waals surface area contributed by atoms with E-state index in [0.717, 1.165) is 23.6 Å². The summed E-state index contributed by atoms with van der Waals surface area (Å²) in [6, 6.07) is 3.99. The van der Waals surface area contributed by atoms with Gasteiger partial charge in [0.05, 0.1) is 11.4 Å². The standard InChI is InChI=1S/C10H14N4/c1-7-9(6-11-2)13-14-10(7)8-4-3-5-12-8/h3-5,11-12H,6H2,1-2H3,(H,13,14). The molecule has 2 heterocycles. The zero-order valence-electron chi connectivity index (χ0n) is 8.39. The van der Waals surface area contributed by atoms with Crippen LogP contribution in [0.2, 0.25) is 0 Å². The first-order valence-corrected chi connectivity index (χ1v) is 4.65. The Balaban J connectivity index is 2.36. The van der Waals surface area contributed by atoms with E-state index in [1.54, 1.807) is 0 Å². The molecule has 14 heavy (non-hydrogen) atoms. The largest absolute Gasteiger partial charge is 0.360 e. The molecule has 0 aliphatic heterocycles. The van der Waals surface area contributed by atoms with Gasteiger partial charge in [0, 0.05) is 18.3 Å². The van der Waals surface area contributed by atoms with E-state index < -0.39 is 0 Å². The lowest BCUT2D eigenvalue weighted by atomic mass is 10.1. The first-order chi connectivity index (χ1) is 6.83. The van der Waals surface area contributed by atoms with Crippen LogP contribution >= 0.6 is 0 Å². The van der Waals surface area contributed by atoms with Gasteiger partial charge in [-0.3, -0.25) is 5.10 Å². The molecular formula is C10H14N4. The van der Waals surface area contributed by atoms with Crippen LogP contribution in [0.15, 0.2) is 18.3 Å². The molecule has 2 aromatic heterocycles. The van der Waals surface area contributed by atoms with Gasteiger partial charge < -0.3 is 10.3 Å². The number of nitrogens with one attached hydrogen (secondary N) is 3. The Labute approximate surface area is 82.7 Å². The number of aromatic nitrogens is 3. The molecule has 0 bridgehead atoms. The predicted molar refractivity (Wildman–Crippen MR) is 55.9 cm³/mol. The average Bonchev–Trinajstić information content (AvgIpc) is 2.77. The highest BCUT2D eigenvalue weighted by atomic mass is 15.1. The van der Waals surface area contributed by atoms with Gasteiger partial charge in [0.2, 0.25) is 0 Å².